The van der Waals surface area contributed by atoms with Crippen LogP contribution >= 0.6 is 0 Å². The molecule has 6 heteroatoms. The minimum absolute atomic E-state index is 0.118. The molecule has 1 aliphatic rings. The van der Waals surface area contributed by atoms with E-state index in [-0.39, 0.29) is 12.1 Å². The fourth-order valence-corrected chi connectivity index (χ4v) is 2.82. The Morgan fingerprint density at radius 1 is 1.33 bits per heavy atom. The topological polar surface area (TPSA) is 84.2 Å². The summed E-state index contributed by atoms with van der Waals surface area (Å²) >= 11 is 0. The van der Waals surface area contributed by atoms with Crippen molar-refractivity contribution in [3.63, 3.8) is 0 Å². The molecule has 2 rings (SSSR count). The van der Waals surface area contributed by atoms with Crippen LogP contribution in [-0.4, -0.2) is 27.3 Å². The fourth-order valence-electron chi connectivity index (χ4n) is 2.25. The van der Waals surface area contributed by atoms with Gasteiger partial charge in [-0.2, -0.15) is 0 Å². The van der Waals surface area contributed by atoms with Crippen molar-refractivity contribution in [2.45, 2.75) is 24.9 Å². The van der Waals surface area contributed by atoms with Gasteiger partial charge < -0.3 is 11.1 Å². The Morgan fingerprint density at radius 3 is 2.56 bits per heavy atom. The summed E-state index contributed by atoms with van der Waals surface area (Å²) in [6.07, 6.45) is 3.26. The van der Waals surface area contributed by atoms with E-state index < -0.39 is 10.0 Å². The van der Waals surface area contributed by atoms with E-state index in [1.54, 1.807) is 12.1 Å². The Kier molecular flexibility index (Phi) is 3.89. The number of piperidine rings is 1. The van der Waals surface area contributed by atoms with Gasteiger partial charge in [0, 0.05) is 17.8 Å². The quantitative estimate of drug-likeness (QED) is 0.758. The van der Waals surface area contributed by atoms with Crippen molar-refractivity contribution in [2.75, 3.05) is 17.5 Å². The number of anilines is 1. The lowest BCUT2D eigenvalue weighted by Gasteiger charge is -2.30. The van der Waals surface area contributed by atoms with Crippen LogP contribution < -0.4 is 15.8 Å². The van der Waals surface area contributed by atoms with Gasteiger partial charge in [0.05, 0.1) is 6.26 Å². The second-order valence-corrected chi connectivity index (χ2v) is 6.48. The molecule has 4 N–H and O–H groups in total. The van der Waals surface area contributed by atoms with Crippen LogP contribution in [0, 0.1) is 0 Å². The molecular weight excluding hydrogens is 250 g/mol. The Bertz CT molecular complexity index is 499. The monoisotopic (exact) mass is 269 g/mol. The predicted octanol–water partition coefficient (Wildman–Crippen LogP) is 0.810. The maximum Gasteiger partial charge on any atom is 0.229 e. The number of rotatable bonds is 3. The highest BCUT2D eigenvalue weighted by Crippen LogP contribution is 2.23. The van der Waals surface area contributed by atoms with Crippen LogP contribution in [0.3, 0.4) is 0 Å². The molecule has 0 aromatic heterocycles. The molecule has 0 aliphatic carbocycles. The van der Waals surface area contributed by atoms with Gasteiger partial charge in [0.15, 0.2) is 0 Å². The molecule has 0 saturated carbocycles. The first-order chi connectivity index (χ1) is 8.46. The van der Waals surface area contributed by atoms with Gasteiger partial charge in [-0.15, -0.1) is 0 Å². The van der Waals surface area contributed by atoms with Gasteiger partial charge in [-0.05, 0) is 37.1 Å². The van der Waals surface area contributed by atoms with Crippen LogP contribution in [0.25, 0.3) is 0 Å². The van der Waals surface area contributed by atoms with Gasteiger partial charge in [-0.3, -0.25) is 4.72 Å². The van der Waals surface area contributed by atoms with Gasteiger partial charge in [0.1, 0.15) is 0 Å². The van der Waals surface area contributed by atoms with E-state index in [1.807, 2.05) is 12.1 Å². The van der Waals surface area contributed by atoms with Crippen molar-refractivity contribution >= 4 is 15.7 Å². The largest absolute Gasteiger partial charge is 0.326 e. The number of benzene rings is 1. The molecule has 5 nitrogen and oxygen atoms in total. The van der Waals surface area contributed by atoms with Crippen LogP contribution in [0.2, 0.25) is 0 Å². The summed E-state index contributed by atoms with van der Waals surface area (Å²) in [7, 11) is -3.22. The molecule has 1 saturated heterocycles. The standard InChI is InChI=1S/C12H19N3O2S/c1-18(16,17)15-10-6-4-9(5-7-10)12-11(13)3-2-8-14-12/h4-7,11-12,14-15H,2-3,8,13H2,1H3. The zero-order chi connectivity index (χ0) is 13.2. The van der Waals surface area contributed by atoms with E-state index in [0.717, 1.165) is 31.2 Å². The van der Waals surface area contributed by atoms with E-state index in [9.17, 15) is 8.42 Å². The van der Waals surface area contributed by atoms with Crippen LogP contribution in [-0.2, 0) is 10.0 Å². The van der Waals surface area contributed by atoms with Crippen molar-refractivity contribution in [1.29, 1.82) is 0 Å². The third-order valence-corrected chi connectivity index (χ3v) is 3.69. The fraction of sp³-hybridized carbons (Fsp3) is 0.500. The summed E-state index contributed by atoms with van der Waals surface area (Å²) < 4.78 is 24.6. The van der Waals surface area contributed by atoms with Crippen molar-refractivity contribution in [3.05, 3.63) is 29.8 Å². The second-order valence-electron chi connectivity index (χ2n) is 4.73. The van der Waals surface area contributed by atoms with Gasteiger partial charge in [0.2, 0.25) is 10.0 Å². The molecule has 0 spiro atoms. The third kappa shape index (κ3) is 3.44. The number of hydrogen-bond acceptors (Lipinski definition) is 4. The summed E-state index contributed by atoms with van der Waals surface area (Å²) in [5, 5.41) is 3.39. The zero-order valence-corrected chi connectivity index (χ0v) is 11.2. The predicted molar refractivity (Wildman–Crippen MR) is 72.9 cm³/mol. The molecule has 0 bridgehead atoms. The second kappa shape index (κ2) is 5.26. The Balaban J connectivity index is 2.12. The molecule has 1 aliphatic heterocycles. The van der Waals surface area contributed by atoms with Crippen LogP contribution in [0.1, 0.15) is 24.4 Å². The number of nitrogens with two attached hydrogens (primary N) is 1. The maximum atomic E-state index is 11.1. The number of hydrogen-bond donors (Lipinski definition) is 3. The third-order valence-electron chi connectivity index (χ3n) is 3.08. The first-order valence-corrected chi connectivity index (χ1v) is 7.91. The lowest BCUT2D eigenvalue weighted by molar-refractivity contribution is 0.358. The Labute approximate surface area is 108 Å². The maximum absolute atomic E-state index is 11.1. The molecule has 100 valence electrons. The summed E-state index contributed by atoms with van der Waals surface area (Å²) in [6.45, 7) is 0.974. The molecular formula is C12H19N3O2S. The van der Waals surface area contributed by atoms with E-state index in [4.69, 9.17) is 5.73 Å². The summed E-state index contributed by atoms with van der Waals surface area (Å²) in [5.41, 5.74) is 7.75. The first-order valence-electron chi connectivity index (χ1n) is 6.02. The normalized spacial score (nSPS) is 24.8. The summed E-state index contributed by atoms with van der Waals surface area (Å²) in [6, 6.07) is 7.63. The van der Waals surface area contributed by atoms with Gasteiger partial charge in [0.25, 0.3) is 0 Å². The van der Waals surface area contributed by atoms with E-state index in [1.165, 1.54) is 0 Å². The van der Waals surface area contributed by atoms with Crippen LogP contribution in [0.15, 0.2) is 24.3 Å². The molecule has 2 atom stereocenters. The molecule has 18 heavy (non-hydrogen) atoms. The van der Waals surface area contributed by atoms with Crippen molar-refractivity contribution in [3.8, 4) is 0 Å². The van der Waals surface area contributed by atoms with E-state index in [0.29, 0.717) is 5.69 Å². The van der Waals surface area contributed by atoms with E-state index in [2.05, 4.69) is 10.0 Å². The average Bonchev–Trinajstić information content (AvgIpc) is 2.29. The summed E-state index contributed by atoms with van der Waals surface area (Å²) in [5.74, 6) is 0. The van der Waals surface area contributed by atoms with Crippen LogP contribution in [0.4, 0.5) is 5.69 Å². The average molecular weight is 269 g/mol. The molecule has 1 fully saturated rings. The van der Waals surface area contributed by atoms with Crippen molar-refractivity contribution < 1.29 is 8.42 Å². The van der Waals surface area contributed by atoms with Gasteiger partial charge >= 0.3 is 0 Å². The molecule has 2 unspecified atom stereocenters. The molecule has 1 aromatic carbocycles. The van der Waals surface area contributed by atoms with Crippen LogP contribution in [0.5, 0.6) is 0 Å². The van der Waals surface area contributed by atoms with Crippen molar-refractivity contribution in [1.82, 2.24) is 5.32 Å². The minimum Gasteiger partial charge on any atom is -0.326 e. The highest BCUT2D eigenvalue weighted by molar-refractivity contribution is 7.92. The number of sulfonamides is 1. The highest BCUT2D eigenvalue weighted by atomic mass is 32.2. The summed E-state index contributed by atoms with van der Waals surface area (Å²) in [4.78, 5) is 0. The SMILES string of the molecule is CS(=O)(=O)Nc1ccc(C2NCCCC2N)cc1. The van der Waals surface area contributed by atoms with Crippen molar-refractivity contribution in [2.24, 2.45) is 5.73 Å². The Hall–Kier alpha value is -1.11. The molecule has 0 radical (unpaired) electrons. The zero-order valence-electron chi connectivity index (χ0n) is 10.4. The molecule has 1 heterocycles. The minimum atomic E-state index is -3.22. The lowest BCUT2D eigenvalue weighted by Crippen LogP contribution is -2.42. The van der Waals surface area contributed by atoms with Gasteiger partial charge in [-0.1, -0.05) is 12.1 Å². The highest BCUT2D eigenvalue weighted by Gasteiger charge is 2.22. The molecule has 1 aromatic rings. The smallest absolute Gasteiger partial charge is 0.229 e. The number of nitrogens with one attached hydrogen (secondary N) is 2. The Morgan fingerprint density at radius 2 is 2.00 bits per heavy atom. The molecule has 0 amide bonds. The van der Waals surface area contributed by atoms with Gasteiger partial charge in [-0.25, -0.2) is 8.42 Å². The van der Waals surface area contributed by atoms with E-state index >= 15 is 0 Å². The first kappa shape index (κ1) is 13.3. The lowest BCUT2D eigenvalue weighted by atomic mass is 9.93.